The first-order valence-electron chi connectivity index (χ1n) is 4.73. The molecular formula is C10H10N4O2S. The van der Waals surface area contributed by atoms with E-state index in [-0.39, 0.29) is 5.91 Å². The third-order valence-electron chi connectivity index (χ3n) is 2.01. The molecule has 0 saturated carbocycles. The molecule has 0 radical (unpaired) electrons. The predicted molar refractivity (Wildman–Crippen MR) is 65.3 cm³/mol. The topological polar surface area (TPSA) is 90.1 Å². The standard InChI is InChI=1S/C10H10N4O2S/c1-16-7-4-2-6(3-5-7)8(15)12-10-14-13-9(11)17-10/h2-5H,1H3,(H2,11,13)(H,12,14,15). The number of hydrogen-bond acceptors (Lipinski definition) is 6. The van der Waals surface area contributed by atoms with Crippen molar-refractivity contribution in [3.05, 3.63) is 29.8 Å². The van der Waals surface area contributed by atoms with Crippen molar-refractivity contribution in [1.29, 1.82) is 0 Å². The molecule has 1 heterocycles. The van der Waals surface area contributed by atoms with E-state index in [1.165, 1.54) is 0 Å². The Morgan fingerprint density at radius 1 is 1.35 bits per heavy atom. The zero-order valence-corrected chi connectivity index (χ0v) is 9.82. The quantitative estimate of drug-likeness (QED) is 0.858. The van der Waals surface area contributed by atoms with Gasteiger partial charge in [-0.3, -0.25) is 10.1 Å². The van der Waals surface area contributed by atoms with Crippen molar-refractivity contribution in [2.24, 2.45) is 0 Å². The Hall–Kier alpha value is -2.15. The molecule has 88 valence electrons. The summed E-state index contributed by atoms with van der Waals surface area (Å²) in [6, 6.07) is 6.75. The molecule has 0 aliphatic heterocycles. The second kappa shape index (κ2) is 4.79. The fourth-order valence-electron chi connectivity index (χ4n) is 1.20. The number of rotatable bonds is 3. The Labute approximate surface area is 101 Å². The largest absolute Gasteiger partial charge is 0.497 e. The Balaban J connectivity index is 2.09. The summed E-state index contributed by atoms with van der Waals surface area (Å²) in [6.45, 7) is 0. The summed E-state index contributed by atoms with van der Waals surface area (Å²) in [5.74, 6) is 0.436. The molecule has 2 aromatic rings. The number of aromatic nitrogens is 2. The van der Waals surface area contributed by atoms with Gasteiger partial charge in [-0.05, 0) is 24.3 Å². The van der Waals surface area contributed by atoms with Crippen LogP contribution >= 0.6 is 11.3 Å². The van der Waals surface area contributed by atoms with E-state index in [0.717, 1.165) is 11.3 Å². The number of ether oxygens (including phenoxy) is 1. The Morgan fingerprint density at radius 2 is 2.06 bits per heavy atom. The lowest BCUT2D eigenvalue weighted by atomic mass is 10.2. The van der Waals surface area contributed by atoms with Crippen LogP contribution < -0.4 is 15.8 Å². The monoisotopic (exact) mass is 250 g/mol. The molecule has 1 amide bonds. The second-order valence-electron chi connectivity index (χ2n) is 3.13. The van der Waals surface area contributed by atoms with Crippen LogP contribution in [-0.2, 0) is 0 Å². The number of benzene rings is 1. The highest BCUT2D eigenvalue weighted by Crippen LogP contribution is 2.18. The molecule has 0 atom stereocenters. The van der Waals surface area contributed by atoms with Crippen LogP contribution in [0.5, 0.6) is 5.75 Å². The fraction of sp³-hybridized carbons (Fsp3) is 0.100. The van der Waals surface area contributed by atoms with Crippen molar-refractivity contribution in [2.45, 2.75) is 0 Å². The van der Waals surface area contributed by atoms with Gasteiger partial charge in [0, 0.05) is 5.56 Å². The maximum absolute atomic E-state index is 11.8. The van der Waals surface area contributed by atoms with Crippen molar-refractivity contribution >= 4 is 27.5 Å². The summed E-state index contributed by atoms with van der Waals surface area (Å²) >= 11 is 1.12. The molecule has 7 heteroatoms. The Kier molecular flexibility index (Phi) is 3.20. The number of carbonyl (C=O) groups excluding carboxylic acids is 1. The summed E-state index contributed by atoms with van der Waals surface area (Å²) in [5, 5.41) is 10.6. The summed E-state index contributed by atoms with van der Waals surface area (Å²) in [7, 11) is 1.57. The molecule has 0 fully saturated rings. The lowest BCUT2D eigenvalue weighted by molar-refractivity contribution is 0.102. The third kappa shape index (κ3) is 2.70. The third-order valence-corrected chi connectivity index (χ3v) is 2.68. The van der Waals surface area contributed by atoms with E-state index in [4.69, 9.17) is 10.5 Å². The fourth-order valence-corrected chi connectivity index (χ4v) is 1.70. The lowest BCUT2D eigenvalue weighted by Crippen LogP contribution is -2.11. The summed E-state index contributed by atoms with van der Waals surface area (Å²) < 4.78 is 5.00. The number of nitrogens with two attached hydrogens (primary N) is 1. The lowest BCUT2D eigenvalue weighted by Gasteiger charge is -2.02. The van der Waals surface area contributed by atoms with Crippen LogP contribution in [0.3, 0.4) is 0 Å². The number of hydrogen-bond donors (Lipinski definition) is 2. The van der Waals surface area contributed by atoms with E-state index < -0.39 is 0 Å². The average molecular weight is 250 g/mol. The van der Waals surface area contributed by atoms with Crippen molar-refractivity contribution < 1.29 is 9.53 Å². The molecule has 0 aliphatic carbocycles. The van der Waals surface area contributed by atoms with Crippen LogP contribution in [0.25, 0.3) is 0 Å². The molecule has 0 spiro atoms. The van der Waals surface area contributed by atoms with Crippen LogP contribution in [0, 0.1) is 0 Å². The summed E-state index contributed by atoms with van der Waals surface area (Å²) in [4.78, 5) is 11.8. The maximum atomic E-state index is 11.8. The predicted octanol–water partition coefficient (Wildman–Crippen LogP) is 1.38. The van der Waals surface area contributed by atoms with Gasteiger partial charge in [0.25, 0.3) is 5.91 Å². The molecule has 0 aliphatic rings. The van der Waals surface area contributed by atoms with E-state index in [2.05, 4.69) is 15.5 Å². The van der Waals surface area contributed by atoms with Crippen LogP contribution in [0.1, 0.15) is 10.4 Å². The highest BCUT2D eigenvalue weighted by Gasteiger charge is 2.09. The van der Waals surface area contributed by atoms with Crippen molar-refractivity contribution in [2.75, 3.05) is 18.2 Å². The average Bonchev–Trinajstić information content (AvgIpc) is 2.75. The van der Waals surface area contributed by atoms with Gasteiger partial charge < -0.3 is 10.5 Å². The van der Waals surface area contributed by atoms with Crippen molar-refractivity contribution in [3.8, 4) is 5.75 Å². The zero-order valence-electron chi connectivity index (χ0n) is 9.01. The molecule has 0 unspecified atom stereocenters. The summed E-state index contributed by atoms with van der Waals surface area (Å²) in [6.07, 6.45) is 0. The Morgan fingerprint density at radius 3 is 2.59 bits per heavy atom. The van der Waals surface area contributed by atoms with E-state index in [1.807, 2.05) is 0 Å². The normalized spacial score (nSPS) is 9.94. The minimum Gasteiger partial charge on any atom is -0.497 e. The zero-order chi connectivity index (χ0) is 12.3. The summed E-state index contributed by atoms with van der Waals surface area (Å²) in [5.41, 5.74) is 5.92. The van der Waals surface area contributed by atoms with Crippen molar-refractivity contribution in [1.82, 2.24) is 10.2 Å². The van der Waals surface area contributed by atoms with Gasteiger partial charge in [0.15, 0.2) is 0 Å². The first kappa shape index (κ1) is 11.3. The number of nitrogens with one attached hydrogen (secondary N) is 1. The number of anilines is 2. The first-order chi connectivity index (χ1) is 8.19. The minimum atomic E-state index is -0.260. The SMILES string of the molecule is COc1ccc(C(=O)Nc2nnc(N)s2)cc1. The first-order valence-corrected chi connectivity index (χ1v) is 5.55. The highest BCUT2D eigenvalue weighted by molar-refractivity contribution is 7.19. The van der Waals surface area contributed by atoms with Crippen LogP contribution in [-0.4, -0.2) is 23.2 Å². The van der Waals surface area contributed by atoms with Crippen LogP contribution in [0.4, 0.5) is 10.3 Å². The van der Waals surface area contributed by atoms with E-state index in [0.29, 0.717) is 21.6 Å². The van der Waals surface area contributed by atoms with Gasteiger partial charge in [-0.1, -0.05) is 11.3 Å². The minimum absolute atomic E-state index is 0.260. The number of methoxy groups -OCH3 is 1. The van der Waals surface area contributed by atoms with E-state index in [1.54, 1.807) is 31.4 Å². The second-order valence-corrected chi connectivity index (χ2v) is 4.14. The molecule has 6 nitrogen and oxygen atoms in total. The molecule has 1 aromatic carbocycles. The Bertz CT molecular complexity index is 523. The number of carbonyl (C=O) groups is 1. The van der Waals surface area contributed by atoms with Crippen molar-refractivity contribution in [3.63, 3.8) is 0 Å². The van der Waals surface area contributed by atoms with Gasteiger partial charge >= 0.3 is 0 Å². The number of amides is 1. The van der Waals surface area contributed by atoms with Crippen LogP contribution in [0.2, 0.25) is 0 Å². The van der Waals surface area contributed by atoms with Gasteiger partial charge in [0.2, 0.25) is 10.3 Å². The van der Waals surface area contributed by atoms with Gasteiger partial charge in [-0.2, -0.15) is 0 Å². The number of nitrogens with zero attached hydrogens (tertiary/aromatic N) is 2. The molecule has 3 N–H and O–H groups in total. The van der Waals surface area contributed by atoms with E-state index in [9.17, 15) is 4.79 Å². The molecule has 17 heavy (non-hydrogen) atoms. The molecular weight excluding hydrogens is 240 g/mol. The van der Waals surface area contributed by atoms with Crippen LogP contribution in [0.15, 0.2) is 24.3 Å². The van der Waals surface area contributed by atoms with Gasteiger partial charge in [-0.15, -0.1) is 10.2 Å². The molecule has 1 aromatic heterocycles. The smallest absolute Gasteiger partial charge is 0.257 e. The molecule has 2 rings (SSSR count). The molecule has 0 saturated heterocycles. The van der Waals surface area contributed by atoms with E-state index >= 15 is 0 Å². The van der Waals surface area contributed by atoms with Gasteiger partial charge in [0.1, 0.15) is 5.75 Å². The highest BCUT2D eigenvalue weighted by atomic mass is 32.1. The number of nitrogen functional groups attached to an aromatic ring is 1. The maximum Gasteiger partial charge on any atom is 0.257 e. The molecule has 0 bridgehead atoms. The van der Waals surface area contributed by atoms with Gasteiger partial charge in [-0.25, -0.2) is 0 Å². The van der Waals surface area contributed by atoms with Gasteiger partial charge in [0.05, 0.1) is 7.11 Å².